The second-order valence-electron chi connectivity index (χ2n) is 8.89. The number of hydrogen-bond donors (Lipinski definition) is 1. The summed E-state index contributed by atoms with van der Waals surface area (Å²) in [5.41, 5.74) is 0.613. The van der Waals surface area contributed by atoms with Crippen molar-refractivity contribution in [1.82, 2.24) is 10.2 Å². The predicted molar refractivity (Wildman–Crippen MR) is 142 cm³/mol. The second-order valence-corrected chi connectivity index (χ2v) is 11.6. The quantitative estimate of drug-likeness (QED) is 0.378. The lowest BCUT2D eigenvalue weighted by molar-refractivity contribution is -0.141. The zero-order valence-corrected chi connectivity index (χ0v) is 23.4. The van der Waals surface area contributed by atoms with Crippen LogP contribution in [0.2, 0.25) is 10.0 Å². The van der Waals surface area contributed by atoms with Crippen LogP contribution in [0.25, 0.3) is 0 Å². The molecular formula is C25H31Cl2F2N3O4S. The summed E-state index contributed by atoms with van der Waals surface area (Å²) in [5.74, 6) is -2.98. The van der Waals surface area contributed by atoms with Gasteiger partial charge in [-0.3, -0.25) is 13.9 Å². The Labute approximate surface area is 226 Å². The maximum Gasteiger partial charge on any atom is 0.243 e. The Kier molecular flexibility index (Phi) is 11.1. The third kappa shape index (κ3) is 8.83. The fraction of sp³-hybridized carbons (Fsp3) is 0.440. The molecule has 0 bridgehead atoms. The van der Waals surface area contributed by atoms with E-state index in [0.29, 0.717) is 22.0 Å². The van der Waals surface area contributed by atoms with Crippen molar-refractivity contribution in [2.75, 3.05) is 17.1 Å². The highest BCUT2D eigenvalue weighted by molar-refractivity contribution is 7.92. The molecule has 2 amide bonds. The molecule has 2 aromatic rings. The summed E-state index contributed by atoms with van der Waals surface area (Å²) in [7, 11) is -3.84. The standard InChI is InChI=1S/C25H31Cl2F2N3O4S/c1-5-23(25(34)30-16(2)3)31(15-17-8-10-19(26)20(27)13-17)24(33)7-6-12-32(37(4,35)36)18-9-11-21(28)22(29)14-18/h8-11,13-14,16,23H,5-7,12,15H2,1-4H3,(H,30,34). The molecule has 1 N–H and O–H groups in total. The Hall–Kier alpha value is -2.43. The van der Waals surface area contributed by atoms with Gasteiger partial charge in [-0.1, -0.05) is 36.2 Å². The van der Waals surface area contributed by atoms with Crippen molar-refractivity contribution in [1.29, 1.82) is 0 Å². The molecule has 0 saturated heterocycles. The van der Waals surface area contributed by atoms with Gasteiger partial charge in [-0.05, 0) is 56.5 Å². The van der Waals surface area contributed by atoms with Crippen LogP contribution < -0.4 is 9.62 Å². The maximum atomic E-state index is 13.7. The first-order valence-corrected chi connectivity index (χ1v) is 14.3. The lowest BCUT2D eigenvalue weighted by atomic mass is 10.1. The molecule has 0 saturated carbocycles. The number of nitrogens with zero attached hydrogens (tertiary/aromatic N) is 2. The lowest BCUT2D eigenvalue weighted by Crippen LogP contribution is -2.50. The summed E-state index contributed by atoms with van der Waals surface area (Å²) in [5, 5.41) is 3.49. The summed E-state index contributed by atoms with van der Waals surface area (Å²) in [4.78, 5) is 27.7. The van der Waals surface area contributed by atoms with E-state index < -0.39 is 27.7 Å². The van der Waals surface area contributed by atoms with Gasteiger partial charge in [-0.2, -0.15) is 0 Å². The van der Waals surface area contributed by atoms with E-state index in [4.69, 9.17) is 23.2 Å². The molecule has 0 radical (unpaired) electrons. The van der Waals surface area contributed by atoms with Crippen molar-refractivity contribution in [2.45, 2.75) is 58.7 Å². The fourth-order valence-electron chi connectivity index (χ4n) is 3.78. The molecule has 0 aliphatic carbocycles. The van der Waals surface area contributed by atoms with E-state index in [0.717, 1.165) is 28.8 Å². The van der Waals surface area contributed by atoms with E-state index in [1.807, 2.05) is 13.8 Å². The van der Waals surface area contributed by atoms with E-state index in [1.54, 1.807) is 25.1 Å². The second kappa shape index (κ2) is 13.4. The van der Waals surface area contributed by atoms with Gasteiger partial charge in [0.25, 0.3) is 0 Å². The zero-order valence-electron chi connectivity index (χ0n) is 21.1. The van der Waals surface area contributed by atoms with Crippen LogP contribution in [0.1, 0.15) is 45.6 Å². The molecule has 2 aromatic carbocycles. The number of sulfonamides is 1. The maximum absolute atomic E-state index is 13.7. The highest BCUT2D eigenvalue weighted by atomic mass is 35.5. The van der Waals surface area contributed by atoms with Gasteiger partial charge < -0.3 is 10.2 Å². The molecule has 0 aliphatic rings. The molecule has 1 atom stereocenters. The van der Waals surface area contributed by atoms with Crippen molar-refractivity contribution in [3.63, 3.8) is 0 Å². The molecule has 204 valence electrons. The summed E-state index contributed by atoms with van der Waals surface area (Å²) < 4.78 is 52.6. The van der Waals surface area contributed by atoms with Crippen LogP contribution >= 0.6 is 23.2 Å². The van der Waals surface area contributed by atoms with Crippen LogP contribution in [0.15, 0.2) is 36.4 Å². The minimum atomic E-state index is -3.84. The van der Waals surface area contributed by atoms with Crippen LogP contribution in [0.5, 0.6) is 0 Å². The Morgan fingerprint density at radius 1 is 1.03 bits per heavy atom. The van der Waals surface area contributed by atoms with Crippen LogP contribution in [-0.4, -0.2) is 50.0 Å². The van der Waals surface area contributed by atoms with Crippen molar-refractivity contribution in [3.8, 4) is 0 Å². The molecular weight excluding hydrogens is 547 g/mol. The normalized spacial score (nSPS) is 12.4. The number of benzene rings is 2. The minimum absolute atomic E-state index is 0.0516. The molecule has 0 spiro atoms. The van der Waals surface area contributed by atoms with E-state index in [-0.39, 0.29) is 49.5 Å². The molecule has 0 heterocycles. The number of carbonyl (C=O) groups excluding carboxylic acids is 2. The SMILES string of the molecule is CCC(C(=O)NC(C)C)N(Cc1ccc(Cl)c(Cl)c1)C(=O)CCCN(c1ccc(F)c(F)c1)S(C)(=O)=O. The first-order chi connectivity index (χ1) is 17.2. The Morgan fingerprint density at radius 2 is 1.70 bits per heavy atom. The highest BCUT2D eigenvalue weighted by Crippen LogP contribution is 2.25. The Morgan fingerprint density at radius 3 is 2.24 bits per heavy atom. The molecule has 2 rings (SSSR count). The summed E-state index contributed by atoms with van der Waals surface area (Å²) in [6.07, 6.45) is 1.26. The van der Waals surface area contributed by atoms with Crippen molar-refractivity contribution in [3.05, 3.63) is 63.6 Å². The topological polar surface area (TPSA) is 86.8 Å². The third-order valence-corrected chi connectivity index (χ3v) is 7.43. The summed E-state index contributed by atoms with van der Waals surface area (Å²) >= 11 is 12.1. The molecule has 0 aliphatic heterocycles. The molecule has 37 heavy (non-hydrogen) atoms. The van der Waals surface area contributed by atoms with Gasteiger partial charge in [0.15, 0.2) is 11.6 Å². The number of hydrogen-bond acceptors (Lipinski definition) is 4. The van der Waals surface area contributed by atoms with Crippen LogP contribution in [0.4, 0.5) is 14.5 Å². The van der Waals surface area contributed by atoms with E-state index in [9.17, 15) is 26.8 Å². The molecule has 0 aromatic heterocycles. The van der Waals surface area contributed by atoms with Gasteiger partial charge in [-0.25, -0.2) is 17.2 Å². The average molecular weight is 579 g/mol. The highest BCUT2D eigenvalue weighted by Gasteiger charge is 2.29. The first kappa shape index (κ1) is 30.8. The summed E-state index contributed by atoms with van der Waals surface area (Å²) in [6.45, 7) is 5.35. The lowest BCUT2D eigenvalue weighted by Gasteiger charge is -2.31. The zero-order chi connectivity index (χ0) is 27.9. The summed E-state index contributed by atoms with van der Waals surface area (Å²) in [6, 6.07) is 6.79. The largest absolute Gasteiger partial charge is 0.352 e. The Balaban J connectivity index is 2.26. The van der Waals surface area contributed by atoms with Crippen LogP contribution in [0.3, 0.4) is 0 Å². The van der Waals surface area contributed by atoms with Crippen LogP contribution in [-0.2, 0) is 26.2 Å². The van der Waals surface area contributed by atoms with Gasteiger partial charge in [0.1, 0.15) is 6.04 Å². The number of amides is 2. The third-order valence-electron chi connectivity index (χ3n) is 5.50. The smallest absolute Gasteiger partial charge is 0.243 e. The first-order valence-electron chi connectivity index (χ1n) is 11.7. The number of nitrogens with one attached hydrogen (secondary N) is 1. The minimum Gasteiger partial charge on any atom is -0.352 e. The predicted octanol–water partition coefficient (Wildman–Crippen LogP) is 5.15. The number of halogens is 4. The van der Waals surface area contributed by atoms with Gasteiger partial charge in [0.2, 0.25) is 21.8 Å². The number of rotatable bonds is 12. The van der Waals surface area contributed by atoms with Crippen molar-refractivity contribution < 1.29 is 26.8 Å². The van der Waals surface area contributed by atoms with Gasteiger partial charge in [-0.15, -0.1) is 0 Å². The molecule has 7 nitrogen and oxygen atoms in total. The van der Waals surface area contributed by atoms with Crippen molar-refractivity contribution >= 4 is 50.7 Å². The fourth-order valence-corrected chi connectivity index (χ4v) is 5.06. The monoisotopic (exact) mass is 577 g/mol. The van der Waals surface area contributed by atoms with E-state index >= 15 is 0 Å². The van der Waals surface area contributed by atoms with Gasteiger partial charge in [0, 0.05) is 31.6 Å². The Bertz CT molecular complexity index is 1230. The van der Waals surface area contributed by atoms with E-state index in [1.165, 1.54) is 4.90 Å². The van der Waals surface area contributed by atoms with Gasteiger partial charge in [0.05, 0.1) is 22.0 Å². The molecule has 0 fully saturated rings. The van der Waals surface area contributed by atoms with Gasteiger partial charge >= 0.3 is 0 Å². The number of carbonyl (C=O) groups is 2. The van der Waals surface area contributed by atoms with Crippen molar-refractivity contribution in [2.24, 2.45) is 0 Å². The van der Waals surface area contributed by atoms with Crippen LogP contribution in [0, 0.1) is 11.6 Å². The average Bonchev–Trinajstić information content (AvgIpc) is 2.79. The molecule has 12 heteroatoms. The number of anilines is 1. The van der Waals surface area contributed by atoms with E-state index in [2.05, 4.69) is 5.32 Å². The molecule has 1 unspecified atom stereocenters.